The van der Waals surface area contributed by atoms with Crippen LogP contribution in [-0.2, 0) is 27.5 Å². The highest BCUT2D eigenvalue weighted by molar-refractivity contribution is 7.91. The summed E-state index contributed by atoms with van der Waals surface area (Å²) in [6.07, 6.45) is -3.82. The van der Waals surface area contributed by atoms with E-state index in [0.717, 1.165) is 17.4 Å². The molecule has 0 saturated carbocycles. The molecule has 3 aromatic rings. The van der Waals surface area contributed by atoms with Crippen molar-refractivity contribution in [3.63, 3.8) is 0 Å². The van der Waals surface area contributed by atoms with E-state index in [-0.39, 0.29) is 46.9 Å². The summed E-state index contributed by atoms with van der Waals surface area (Å²) >= 11 is 12.6. The fourth-order valence-electron chi connectivity index (χ4n) is 2.91. The topological polar surface area (TPSA) is 129 Å². The van der Waals surface area contributed by atoms with Crippen molar-refractivity contribution in [2.24, 2.45) is 0 Å². The second kappa shape index (κ2) is 12.8. The maximum atomic E-state index is 12.7. The highest BCUT2D eigenvalue weighted by Gasteiger charge is 2.31. The summed E-state index contributed by atoms with van der Waals surface area (Å²) in [5.74, 6) is -0.980. The van der Waals surface area contributed by atoms with Gasteiger partial charge in [0.05, 0.1) is 17.1 Å². The number of sulfonamides is 1. The Morgan fingerprint density at radius 3 is 2.53 bits per heavy atom. The number of pyridine rings is 1. The van der Waals surface area contributed by atoms with E-state index in [9.17, 15) is 31.2 Å². The second-order valence-electron chi connectivity index (χ2n) is 7.65. The second-order valence-corrected chi connectivity index (χ2v) is 11.6. The third kappa shape index (κ3) is 8.56. The summed E-state index contributed by atoms with van der Waals surface area (Å²) in [5.41, 5.74) is 1.47. The molecule has 0 atom stereocenters. The first kappa shape index (κ1) is 29.6. The molecule has 0 unspecified atom stereocenters. The predicted molar refractivity (Wildman–Crippen MR) is 137 cm³/mol. The Morgan fingerprint density at radius 2 is 1.84 bits per heavy atom. The SMILES string of the molecule is O=C(CCCNc1ncc(C(F)(F)F)cc1Cl)NNS(=O)(=O)c1ccc(CNC(=O)c2cccc(Cl)c2)s1. The molecule has 2 heterocycles. The number of benzene rings is 1. The van der Waals surface area contributed by atoms with Crippen molar-refractivity contribution in [1.29, 1.82) is 0 Å². The van der Waals surface area contributed by atoms with Gasteiger partial charge in [-0.1, -0.05) is 29.3 Å². The summed E-state index contributed by atoms with van der Waals surface area (Å²) < 4.78 is 62.8. The average molecular weight is 610 g/mol. The largest absolute Gasteiger partial charge is 0.417 e. The number of aromatic nitrogens is 1. The first-order valence-corrected chi connectivity index (χ1v) is 13.8. The van der Waals surface area contributed by atoms with E-state index < -0.39 is 27.7 Å². The number of carbonyl (C=O) groups excluding carboxylic acids is 2. The Bertz CT molecular complexity index is 1420. The van der Waals surface area contributed by atoms with Gasteiger partial charge in [-0.25, -0.2) is 13.4 Å². The van der Waals surface area contributed by atoms with Crippen molar-refractivity contribution in [3.8, 4) is 0 Å². The first-order valence-electron chi connectivity index (χ1n) is 10.7. The number of hydrogen-bond donors (Lipinski definition) is 4. The zero-order valence-corrected chi connectivity index (χ0v) is 22.4. The van der Waals surface area contributed by atoms with Gasteiger partial charge in [-0.2, -0.15) is 13.2 Å². The number of nitrogens with zero attached hydrogens (tertiary/aromatic N) is 1. The van der Waals surface area contributed by atoms with Gasteiger partial charge in [0.15, 0.2) is 0 Å². The normalized spacial score (nSPS) is 11.7. The molecule has 204 valence electrons. The minimum Gasteiger partial charge on any atom is -0.369 e. The number of thiophene rings is 1. The van der Waals surface area contributed by atoms with Crippen LogP contribution in [0.15, 0.2) is 52.9 Å². The molecule has 2 amide bonds. The van der Waals surface area contributed by atoms with Crippen LogP contribution in [0.4, 0.5) is 19.0 Å². The van der Waals surface area contributed by atoms with Crippen LogP contribution in [0.3, 0.4) is 0 Å². The molecule has 2 aromatic heterocycles. The summed E-state index contributed by atoms with van der Waals surface area (Å²) in [7, 11) is -4.05. The summed E-state index contributed by atoms with van der Waals surface area (Å²) in [5, 5.41) is 5.57. The lowest BCUT2D eigenvalue weighted by molar-refractivity contribution is -0.137. The molecule has 0 aliphatic rings. The van der Waals surface area contributed by atoms with Crippen LogP contribution in [0.1, 0.15) is 33.6 Å². The van der Waals surface area contributed by atoms with E-state index in [2.05, 4.69) is 21.0 Å². The zero-order valence-electron chi connectivity index (χ0n) is 19.2. The maximum Gasteiger partial charge on any atom is 0.417 e. The molecular weight excluding hydrogens is 590 g/mol. The third-order valence-electron chi connectivity index (χ3n) is 4.78. The van der Waals surface area contributed by atoms with Crippen LogP contribution in [0, 0.1) is 0 Å². The van der Waals surface area contributed by atoms with Gasteiger partial charge >= 0.3 is 6.18 Å². The molecule has 0 bridgehead atoms. The van der Waals surface area contributed by atoms with Crippen LogP contribution in [0.25, 0.3) is 0 Å². The number of amides is 2. The van der Waals surface area contributed by atoms with Gasteiger partial charge in [0.25, 0.3) is 15.9 Å². The highest BCUT2D eigenvalue weighted by atomic mass is 35.5. The minimum atomic E-state index is -4.57. The first-order chi connectivity index (χ1) is 17.8. The van der Waals surface area contributed by atoms with Crippen LogP contribution in [-0.4, -0.2) is 31.8 Å². The number of hydrogen-bond acceptors (Lipinski definition) is 7. The highest BCUT2D eigenvalue weighted by Crippen LogP contribution is 2.32. The quantitative estimate of drug-likeness (QED) is 0.186. The minimum absolute atomic E-state index is 0.0260. The maximum absolute atomic E-state index is 12.7. The molecule has 0 saturated heterocycles. The average Bonchev–Trinajstić information content (AvgIpc) is 3.34. The van der Waals surface area contributed by atoms with Gasteiger partial charge in [0, 0.05) is 34.6 Å². The molecule has 0 aliphatic heterocycles. The molecule has 3 rings (SSSR count). The Balaban J connectivity index is 1.41. The third-order valence-corrected chi connectivity index (χ3v) is 8.13. The molecule has 0 radical (unpaired) electrons. The fourth-order valence-corrected chi connectivity index (χ4v) is 5.49. The number of nitrogens with one attached hydrogen (secondary N) is 4. The van der Waals surface area contributed by atoms with Crippen LogP contribution in [0.2, 0.25) is 10.0 Å². The lowest BCUT2D eigenvalue weighted by Gasteiger charge is -2.11. The number of carbonyl (C=O) groups is 2. The molecule has 0 aliphatic carbocycles. The monoisotopic (exact) mass is 609 g/mol. The van der Waals surface area contributed by atoms with Crippen molar-refractivity contribution >= 4 is 62.2 Å². The molecule has 1 aromatic carbocycles. The summed E-state index contributed by atoms with van der Waals surface area (Å²) in [4.78, 5) is 30.4. The van der Waals surface area contributed by atoms with Crippen LogP contribution in [0.5, 0.6) is 0 Å². The standard InChI is InChI=1S/C22H20Cl2F3N5O4S2/c23-15-4-1-3-13(9-15)21(34)30-12-16-6-7-19(37-16)38(35,36)32-31-18(33)5-2-8-28-20-17(24)10-14(11-29-20)22(25,26)27/h1,3-4,6-7,9-11,32H,2,5,8,12H2,(H,28,29)(H,30,34)(H,31,33). The van der Waals surface area contributed by atoms with Gasteiger partial charge in [0.1, 0.15) is 10.0 Å². The number of hydrazine groups is 1. The van der Waals surface area contributed by atoms with Crippen molar-refractivity contribution in [2.45, 2.75) is 29.8 Å². The van der Waals surface area contributed by atoms with Crippen molar-refractivity contribution in [2.75, 3.05) is 11.9 Å². The smallest absolute Gasteiger partial charge is 0.369 e. The van der Waals surface area contributed by atoms with Gasteiger partial charge in [0.2, 0.25) is 5.91 Å². The lowest BCUT2D eigenvalue weighted by Crippen LogP contribution is -2.41. The molecule has 0 fully saturated rings. The Morgan fingerprint density at radius 1 is 1.08 bits per heavy atom. The molecule has 4 N–H and O–H groups in total. The number of halogens is 5. The molecular formula is C22H20Cl2F3N5O4S2. The van der Waals surface area contributed by atoms with Gasteiger partial charge in [-0.3, -0.25) is 15.0 Å². The lowest BCUT2D eigenvalue weighted by atomic mass is 10.2. The van der Waals surface area contributed by atoms with E-state index in [1.54, 1.807) is 18.2 Å². The van der Waals surface area contributed by atoms with Gasteiger partial charge in [-0.15, -0.1) is 16.2 Å². The summed E-state index contributed by atoms with van der Waals surface area (Å²) in [6.45, 7) is 0.232. The Labute approximate surface area is 229 Å². The number of rotatable bonds is 11. The van der Waals surface area contributed by atoms with E-state index in [1.807, 2.05) is 4.83 Å². The van der Waals surface area contributed by atoms with E-state index in [1.165, 1.54) is 18.2 Å². The van der Waals surface area contributed by atoms with Crippen molar-refractivity contribution < 1.29 is 31.2 Å². The molecule has 38 heavy (non-hydrogen) atoms. The Hall–Kier alpha value is -2.91. The predicted octanol–water partition coefficient (Wildman–Crippen LogP) is 4.60. The van der Waals surface area contributed by atoms with E-state index in [4.69, 9.17) is 23.2 Å². The van der Waals surface area contributed by atoms with E-state index >= 15 is 0 Å². The van der Waals surface area contributed by atoms with E-state index in [0.29, 0.717) is 21.7 Å². The fraction of sp³-hybridized carbons (Fsp3) is 0.227. The van der Waals surface area contributed by atoms with Crippen LogP contribution >= 0.6 is 34.5 Å². The molecule has 9 nitrogen and oxygen atoms in total. The van der Waals surface area contributed by atoms with Crippen molar-refractivity contribution in [1.82, 2.24) is 20.6 Å². The van der Waals surface area contributed by atoms with Crippen molar-refractivity contribution in [3.05, 3.63) is 74.7 Å². The zero-order chi connectivity index (χ0) is 27.9. The van der Waals surface area contributed by atoms with Gasteiger partial charge in [-0.05, 0) is 42.8 Å². The number of anilines is 1. The molecule has 16 heteroatoms. The van der Waals surface area contributed by atoms with Crippen LogP contribution < -0.4 is 20.9 Å². The van der Waals surface area contributed by atoms with Gasteiger partial charge < -0.3 is 10.6 Å². The molecule has 0 spiro atoms. The summed E-state index contributed by atoms with van der Waals surface area (Å²) in [6, 6.07) is 9.97. The Kier molecular flexibility index (Phi) is 9.95. The number of alkyl halides is 3.